The Kier molecular flexibility index (Phi) is 6.16. The first kappa shape index (κ1) is 18.7. The Morgan fingerprint density at radius 3 is 2.19 bits per heavy atom. The van der Waals surface area contributed by atoms with Crippen molar-refractivity contribution in [2.45, 2.75) is 52.0 Å². The van der Waals surface area contributed by atoms with E-state index < -0.39 is 0 Å². The first-order valence-electron chi connectivity index (χ1n) is 9.59. The zero-order chi connectivity index (χ0) is 17.1. The van der Waals surface area contributed by atoms with Gasteiger partial charge in [-0.3, -0.25) is 0 Å². The predicted molar refractivity (Wildman–Crippen MR) is 112 cm³/mol. The molecule has 0 aliphatic carbocycles. The summed E-state index contributed by atoms with van der Waals surface area (Å²) >= 11 is 0. The molecule has 2 nitrogen and oxygen atoms in total. The molecule has 3 heteroatoms. The van der Waals surface area contributed by atoms with Crippen LogP contribution in [0.4, 0.5) is 0 Å². The van der Waals surface area contributed by atoms with E-state index in [1.54, 1.807) is 0 Å². The van der Waals surface area contributed by atoms with Gasteiger partial charge in [0.2, 0.25) is 0 Å². The molecule has 3 aromatic rings. The molecule has 0 atom stereocenters. The number of aryl methyl sites for hydroxylation is 3. The van der Waals surface area contributed by atoms with Crippen LogP contribution in [0.3, 0.4) is 0 Å². The van der Waals surface area contributed by atoms with Crippen LogP contribution in [0.25, 0.3) is 22.4 Å². The van der Waals surface area contributed by atoms with E-state index in [4.69, 9.17) is 4.98 Å². The van der Waals surface area contributed by atoms with E-state index in [0.29, 0.717) is 0 Å². The molecule has 0 saturated heterocycles. The molecule has 2 aromatic carbocycles. The van der Waals surface area contributed by atoms with E-state index in [1.165, 1.54) is 60.2 Å². The molecule has 0 fully saturated rings. The maximum atomic E-state index is 4.83. The van der Waals surface area contributed by atoms with Crippen LogP contribution < -0.4 is 0 Å². The quantitative estimate of drug-likeness (QED) is 0.516. The van der Waals surface area contributed by atoms with Gasteiger partial charge in [0.25, 0.3) is 0 Å². The molecule has 1 aliphatic heterocycles. The molecule has 0 amide bonds. The summed E-state index contributed by atoms with van der Waals surface area (Å²) in [6.07, 6.45) is 9.57. The zero-order valence-corrected chi connectivity index (χ0v) is 16.3. The van der Waals surface area contributed by atoms with Crippen LogP contribution in [-0.2, 0) is 19.4 Å². The minimum Gasteiger partial charge on any atom is -0.334 e. The van der Waals surface area contributed by atoms with Gasteiger partial charge in [0, 0.05) is 24.7 Å². The summed E-state index contributed by atoms with van der Waals surface area (Å²) in [4.78, 5) is 4.83. The largest absolute Gasteiger partial charge is 0.334 e. The highest BCUT2D eigenvalue weighted by molar-refractivity contribution is 5.85. The summed E-state index contributed by atoms with van der Waals surface area (Å²) in [6.45, 7) is 3.36. The van der Waals surface area contributed by atoms with Gasteiger partial charge in [-0.05, 0) is 42.4 Å². The average Bonchev–Trinajstić information content (AvgIpc) is 3.11. The van der Waals surface area contributed by atoms with Crippen molar-refractivity contribution in [1.82, 2.24) is 9.55 Å². The smallest absolute Gasteiger partial charge is 0.109 e. The van der Waals surface area contributed by atoms with Gasteiger partial charge in [-0.2, -0.15) is 0 Å². The number of benzene rings is 2. The third kappa shape index (κ3) is 4.02. The molecule has 2 heterocycles. The van der Waals surface area contributed by atoms with Gasteiger partial charge in [-0.25, -0.2) is 4.98 Å². The van der Waals surface area contributed by atoms with E-state index in [-0.39, 0.29) is 12.4 Å². The lowest BCUT2D eigenvalue weighted by molar-refractivity contribution is 0.522. The minimum absolute atomic E-state index is 0. The Hall–Kier alpha value is -2.06. The number of aromatic nitrogens is 2. The molecule has 0 saturated carbocycles. The monoisotopic (exact) mass is 366 g/mol. The van der Waals surface area contributed by atoms with Gasteiger partial charge in [0.1, 0.15) is 5.82 Å². The molecular weight excluding hydrogens is 340 g/mol. The maximum Gasteiger partial charge on any atom is 0.109 e. The molecule has 1 aromatic heterocycles. The SMILES string of the molecule is CCCCc1ccc(-c2ccc(-c3cn4c(n3)CCCC4)cc2)cc1.Cl. The average molecular weight is 367 g/mol. The molecule has 0 bridgehead atoms. The van der Waals surface area contributed by atoms with E-state index in [0.717, 1.165) is 18.7 Å². The summed E-state index contributed by atoms with van der Waals surface area (Å²) in [5.74, 6) is 1.24. The van der Waals surface area contributed by atoms with Gasteiger partial charge in [-0.15, -0.1) is 12.4 Å². The second-order valence-electron chi connectivity index (χ2n) is 7.07. The molecule has 0 N–H and O–H groups in total. The molecule has 0 unspecified atom stereocenters. The van der Waals surface area contributed by atoms with Crippen molar-refractivity contribution in [2.75, 3.05) is 0 Å². The van der Waals surface area contributed by atoms with Crippen LogP contribution in [0, 0.1) is 0 Å². The number of halogens is 1. The maximum absolute atomic E-state index is 4.83. The molecule has 136 valence electrons. The van der Waals surface area contributed by atoms with Crippen LogP contribution in [0.2, 0.25) is 0 Å². The number of hydrogen-bond donors (Lipinski definition) is 0. The minimum atomic E-state index is 0. The van der Waals surface area contributed by atoms with E-state index in [2.05, 4.69) is 66.2 Å². The number of hydrogen-bond acceptors (Lipinski definition) is 1. The fraction of sp³-hybridized carbons (Fsp3) is 0.348. The molecule has 0 spiro atoms. The van der Waals surface area contributed by atoms with Crippen molar-refractivity contribution < 1.29 is 0 Å². The first-order chi connectivity index (χ1) is 12.3. The van der Waals surface area contributed by atoms with Gasteiger partial charge in [-0.1, -0.05) is 61.9 Å². The van der Waals surface area contributed by atoms with Crippen molar-refractivity contribution in [3.8, 4) is 22.4 Å². The normalized spacial score (nSPS) is 13.1. The summed E-state index contributed by atoms with van der Waals surface area (Å²) in [5.41, 5.74) is 6.32. The van der Waals surface area contributed by atoms with Crippen molar-refractivity contribution in [2.24, 2.45) is 0 Å². The number of nitrogens with zero attached hydrogens (tertiary/aromatic N) is 2. The van der Waals surface area contributed by atoms with E-state index in [9.17, 15) is 0 Å². The Bertz CT molecular complexity index is 808. The van der Waals surface area contributed by atoms with Crippen LogP contribution >= 0.6 is 12.4 Å². The zero-order valence-electron chi connectivity index (χ0n) is 15.4. The van der Waals surface area contributed by atoms with E-state index in [1.807, 2.05) is 0 Å². The first-order valence-corrected chi connectivity index (χ1v) is 9.59. The van der Waals surface area contributed by atoms with E-state index >= 15 is 0 Å². The summed E-state index contributed by atoms with van der Waals surface area (Å²) in [6, 6.07) is 17.9. The summed E-state index contributed by atoms with van der Waals surface area (Å²) in [7, 11) is 0. The van der Waals surface area contributed by atoms with Crippen LogP contribution in [0.5, 0.6) is 0 Å². The highest BCUT2D eigenvalue weighted by Gasteiger charge is 2.13. The Balaban J connectivity index is 0.00000196. The summed E-state index contributed by atoms with van der Waals surface area (Å²) in [5, 5.41) is 0. The standard InChI is InChI=1S/C23H26N2.ClH/c1-2-3-6-18-8-10-19(11-9-18)20-12-14-21(15-13-20)22-17-25-16-5-4-7-23(25)24-22;/h8-15,17H,2-7,16H2,1H3;1H. The van der Waals surface area contributed by atoms with Crippen LogP contribution in [0.1, 0.15) is 44.0 Å². The van der Waals surface area contributed by atoms with Crippen LogP contribution in [0.15, 0.2) is 54.7 Å². The molecule has 4 rings (SSSR count). The second kappa shape index (κ2) is 8.55. The second-order valence-corrected chi connectivity index (χ2v) is 7.07. The molecule has 1 aliphatic rings. The van der Waals surface area contributed by atoms with Crippen molar-refractivity contribution in [3.63, 3.8) is 0 Å². The Labute approximate surface area is 162 Å². The van der Waals surface area contributed by atoms with Crippen molar-refractivity contribution >= 4 is 12.4 Å². The number of fused-ring (bicyclic) bond motifs is 1. The summed E-state index contributed by atoms with van der Waals surface area (Å²) < 4.78 is 2.32. The lowest BCUT2D eigenvalue weighted by Crippen LogP contribution is -2.08. The molecule has 0 radical (unpaired) electrons. The predicted octanol–water partition coefficient (Wildman–Crippen LogP) is 6.32. The van der Waals surface area contributed by atoms with Gasteiger partial charge in [0.05, 0.1) is 5.69 Å². The fourth-order valence-corrected chi connectivity index (χ4v) is 3.63. The van der Waals surface area contributed by atoms with Crippen molar-refractivity contribution in [1.29, 1.82) is 0 Å². The van der Waals surface area contributed by atoms with Gasteiger partial charge < -0.3 is 4.57 Å². The third-order valence-corrected chi connectivity index (χ3v) is 5.20. The number of imidazole rings is 1. The Morgan fingerprint density at radius 2 is 1.54 bits per heavy atom. The van der Waals surface area contributed by atoms with Gasteiger partial charge in [0.15, 0.2) is 0 Å². The number of unbranched alkanes of at least 4 members (excludes halogenated alkanes) is 1. The molecule has 26 heavy (non-hydrogen) atoms. The molecular formula is C23H27ClN2. The van der Waals surface area contributed by atoms with Crippen molar-refractivity contribution in [3.05, 3.63) is 66.1 Å². The highest BCUT2D eigenvalue weighted by Crippen LogP contribution is 2.26. The lowest BCUT2D eigenvalue weighted by Gasteiger charge is -2.11. The fourth-order valence-electron chi connectivity index (χ4n) is 3.63. The van der Waals surface area contributed by atoms with Gasteiger partial charge >= 0.3 is 0 Å². The Morgan fingerprint density at radius 1 is 0.885 bits per heavy atom. The highest BCUT2D eigenvalue weighted by atomic mass is 35.5. The lowest BCUT2D eigenvalue weighted by atomic mass is 10.0. The third-order valence-electron chi connectivity index (χ3n) is 5.20. The topological polar surface area (TPSA) is 17.8 Å². The number of rotatable bonds is 5. The van der Waals surface area contributed by atoms with Crippen LogP contribution in [-0.4, -0.2) is 9.55 Å².